The topological polar surface area (TPSA) is 43.1 Å². The van der Waals surface area contributed by atoms with Crippen molar-refractivity contribution in [3.8, 4) is 0 Å². The van der Waals surface area contributed by atoms with Gasteiger partial charge in [-0.25, -0.2) is 4.98 Å². The van der Waals surface area contributed by atoms with E-state index in [1.807, 2.05) is 31.2 Å². The number of halogens is 3. The van der Waals surface area contributed by atoms with Gasteiger partial charge < -0.3 is 0 Å². The van der Waals surface area contributed by atoms with Crippen LogP contribution < -0.4 is 0 Å². The number of rotatable bonds is 2. The van der Waals surface area contributed by atoms with Crippen LogP contribution in [0.5, 0.6) is 0 Å². The van der Waals surface area contributed by atoms with E-state index in [0.717, 1.165) is 15.0 Å². The van der Waals surface area contributed by atoms with Gasteiger partial charge in [-0.2, -0.15) is 22.7 Å². The molecule has 114 valence electrons. The Kier molecular flexibility index (Phi) is 3.56. The van der Waals surface area contributed by atoms with Crippen LogP contribution in [0.25, 0.3) is 5.78 Å². The van der Waals surface area contributed by atoms with Crippen molar-refractivity contribution in [1.29, 1.82) is 0 Å². The number of hydrogen-bond donors (Lipinski definition) is 0. The molecule has 0 spiro atoms. The lowest BCUT2D eigenvalue weighted by Crippen LogP contribution is -2.07. The monoisotopic (exact) mass is 324 g/mol. The van der Waals surface area contributed by atoms with Crippen molar-refractivity contribution < 1.29 is 13.2 Å². The average Bonchev–Trinajstić information content (AvgIpc) is 2.85. The molecule has 22 heavy (non-hydrogen) atoms. The van der Waals surface area contributed by atoms with Gasteiger partial charge in [0.2, 0.25) is 0 Å². The van der Waals surface area contributed by atoms with Gasteiger partial charge in [-0.05, 0) is 31.5 Å². The molecule has 0 unspecified atom stereocenters. The van der Waals surface area contributed by atoms with Crippen LogP contribution in [-0.4, -0.2) is 19.6 Å². The molecule has 0 amide bonds. The fourth-order valence-electron chi connectivity index (χ4n) is 1.93. The number of nitrogens with zero attached hydrogens (tertiary/aromatic N) is 4. The molecule has 0 saturated heterocycles. The molecule has 8 heteroatoms. The summed E-state index contributed by atoms with van der Waals surface area (Å²) in [6.45, 7) is 3.65. The van der Waals surface area contributed by atoms with E-state index in [1.165, 1.54) is 11.8 Å². The van der Waals surface area contributed by atoms with Gasteiger partial charge in [0, 0.05) is 10.6 Å². The number of benzene rings is 1. The maximum atomic E-state index is 12.8. The van der Waals surface area contributed by atoms with E-state index in [1.54, 1.807) is 13.0 Å². The van der Waals surface area contributed by atoms with Gasteiger partial charge in [0.05, 0.1) is 0 Å². The van der Waals surface area contributed by atoms with Crippen LogP contribution in [0.4, 0.5) is 13.2 Å². The highest BCUT2D eigenvalue weighted by atomic mass is 32.2. The number of aromatic nitrogens is 4. The second kappa shape index (κ2) is 5.28. The minimum atomic E-state index is -4.59. The number of alkyl halides is 3. The molecule has 0 aliphatic heterocycles. The Morgan fingerprint density at radius 2 is 1.82 bits per heavy atom. The van der Waals surface area contributed by atoms with E-state index >= 15 is 0 Å². The smallest absolute Gasteiger partial charge is 0.216 e. The fourth-order valence-corrected chi connectivity index (χ4v) is 2.97. The fraction of sp³-hybridized carbons (Fsp3) is 0.214. The molecule has 0 bridgehead atoms. The summed E-state index contributed by atoms with van der Waals surface area (Å²) in [6, 6.07) is 9.32. The third-order valence-corrected chi connectivity index (χ3v) is 4.15. The number of hydrogen-bond acceptors (Lipinski definition) is 4. The van der Waals surface area contributed by atoms with Gasteiger partial charge in [0.25, 0.3) is 11.6 Å². The van der Waals surface area contributed by atoms with Crippen LogP contribution in [0.15, 0.2) is 40.3 Å². The van der Waals surface area contributed by atoms with Crippen molar-refractivity contribution in [1.82, 2.24) is 19.6 Å². The van der Waals surface area contributed by atoms with E-state index in [-0.39, 0.29) is 5.78 Å². The average molecular weight is 324 g/mol. The summed E-state index contributed by atoms with van der Waals surface area (Å²) in [5, 5.41) is 4.09. The molecule has 0 radical (unpaired) electrons. The summed E-state index contributed by atoms with van der Waals surface area (Å²) < 4.78 is 39.5. The first kappa shape index (κ1) is 14.8. The standard InChI is InChI=1S/C14H11F3N4S/c1-8-5-3-4-6-10(8)22-11-7-9(2)18-13-19-12(14(15,16)17)20-21(11)13/h3-7H,1-2H3. The third kappa shape index (κ3) is 2.78. The van der Waals surface area contributed by atoms with Gasteiger partial charge in [-0.3, -0.25) is 0 Å². The maximum Gasteiger partial charge on any atom is 0.453 e. The highest BCUT2D eigenvalue weighted by Crippen LogP contribution is 2.32. The lowest BCUT2D eigenvalue weighted by atomic mass is 10.2. The van der Waals surface area contributed by atoms with Crippen LogP contribution in [0.1, 0.15) is 17.1 Å². The van der Waals surface area contributed by atoms with Crippen LogP contribution in [0.3, 0.4) is 0 Å². The van der Waals surface area contributed by atoms with Crippen molar-refractivity contribution in [3.63, 3.8) is 0 Å². The molecular weight excluding hydrogens is 313 g/mol. The molecule has 4 nitrogen and oxygen atoms in total. The largest absolute Gasteiger partial charge is 0.453 e. The van der Waals surface area contributed by atoms with Gasteiger partial charge in [-0.1, -0.05) is 30.0 Å². The zero-order valence-electron chi connectivity index (χ0n) is 11.7. The summed E-state index contributed by atoms with van der Waals surface area (Å²) in [5.74, 6) is -1.24. The van der Waals surface area contributed by atoms with Crippen LogP contribution in [0.2, 0.25) is 0 Å². The van der Waals surface area contributed by atoms with Crippen molar-refractivity contribution in [3.05, 3.63) is 47.4 Å². The lowest BCUT2D eigenvalue weighted by molar-refractivity contribution is -0.144. The Bertz CT molecular complexity index is 842. The van der Waals surface area contributed by atoms with Gasteiger partial charge in [0.1, 0.15) is 5.03 Å². The van der Waals surface area contributed by atoms with Crippen LogP contribution >= 0.6 is 11.8 Å². The second-order valence-corrected chi connectivity index (χ2v) is 5.81. The molecule has 3 rings (SSSR count). The zero-order chi connectivity index (χ0) is 15.9. The first-order valence-corrected chi connectivity index (χ1v) is 7.21. The van der Waals surface area contributed by atoms with Crippen LogP contribution in [-0.2, 0) is 6.18 Å². The predicted molar refractivity (Wildman–Crippen MR) is 75.8 cm³/mol. The highest BCUT2D eigenvalue weighted by molar-refractivity contribution is 7.99. The summed E-state index contributed by atoms with van der Waals surface area (Å²) in [5.41, 5.74) is 1.62. The zero-order valence-corrected chi connectivity index (χ0v) is 12.5. The molecule has 0 fully saturated rings. The van der Waals surface area contributed by atoms with E-state index in [4.69, 9.17) is 0 Å². The first-order valence-electron chi connectivity index (χ1n) is 6.40. The Morgan fingerprint density at radius 3 is 2.50 bits per heavy atom. The normalized spacial score (nSPS) is 12.0. The molecule has 0 aliphatic rings. The summed E-state index contributed by atoms with van der Waals surface area (Å²) >= 11 is 1.33. The summed E-state index contributed by atoms with van der Waals surface area (Å²) in [7, 11) is 0. The van der Waals surface area contributed by atoms with Gasteiger partial charge in [0.15, 0.2) is 0 Å². The third-order valence-electron chi connectivity index (χ3n) is 2.97. The first-order chi connectivity index (χ1) is 10.3. The van der Waals surface area contributed by atoms with E-state index in [0.29, 0.717) is 10.7 Å². The van der Waals surface area contributed by atoms with E-state index < -0.39 is 12.0 Å². The Labute approximate surface area is 128 Å². The SMILES string of the molecule is Cc1cc(Sc2ccccc2C)n2nc(C(F)(F)F)nc2n1. The second-order valence-electron chi connectivity index (χ2n) is 4.75. The van der Waals surface area contributed by atoms with Crippen molar-refractivity contribution >= 4 is 17.5 Å². The molecule has 0 saturated carbocycles. The molecule has 2 aromatic heterocycles. The van der Waals surface area contributed by atoms with Crippen molar-refractivity contribution in [2.75, 3.05) is 0 Å². The number of aryl methyl sites for hydroxylation is 2. The minimum Gasteiger partial charge on any atom is -0.216 e. The van der Waals surface area contributed by atoms with Crippen LogP contribution in [0, 0.1) is 13.8 Å². The molecule has 0 N–H and O–H groups in total. The predicted octanol–water partition coefficient (Wildman–Crippen LogP) is 3.91. The molecular formula is C14H11F3N4S. The number of fused-ring (bicyclic) bond motifs is 1. The molecule has 3 aromatic rings. The Morgan fingerprint density at radius 1 is 1.09 bits per heavy atom. The van der Waals surface area contributed by atoms with Crippen molar-refractivity contribution in [2.45, 2.75) is 29.9 Å². The lowest BCUT2D eigenvalue weighted by Gasteiger charge is -2.07. The highest BCUT2D eigenvalue weighted by Gasteiger charge is 2.36. The maximum absolute atomic E-state index is 12.8. The van der Waals surface area contributed by atoms with Crippen molar-refractivity contribution in [2.24, 2.45) is 0 Å². The molecule has 0 aliphatic carbocycles. The summed E-state index contributed by atoms with van der Waals surface area (Å²) in [6.07, 6.45) is -4.59. The molecule has 0 atom stereocenters. The Balaban J connectivity index is 2.13. The molecule has 2 heterocycles. The quantitative estimate of drug-likeness (QED) is 0.670. The summed E-state index contributed by atoms with van der Waals surface area (Å²) in [4.78, 5) is 8.43. The molecule has 1 aromatic carbocycles. The van der Waals surface area contributed by atoms with E-state index in [2.05, 4.69) is 15.1 Å². The Hall–Kier alpha value is -2.09. The van der Waals surface area contributed by atoms with E-state index in [9.17, 15) is 13.2 Å². The van der Waals surface area contributed by atoms with Gasteiger partial charge >= 0.3 is 6.18 Å². The minimum absolute atomic E-state index is 0.0524. The van der Waals surface area contributed by atoms with Gasteiger partial charge in [-0.15, -0.1) is 5.10 Å².